The first-order valence-electron chi connectivity index (χ1n) is 12.3. The van der Waals surface area contributed by atoms with Crippen LogP contribution in [0.2, 0.25) is 0 Å². The van der Waals surface area contributed by atoms with Crippen LogP contribution in [0.1, 0.15) is 41.4 Å². The SMILES string of the molecule is Cc1nc(C2CCNC2)cc2c1nc(-c1ccc(-c3ccn4ccnc4c3)cc1)n2C(=O)C1CC1. The Labute approximate surface area is 202 Å². The minimum Gasteiger partial charge on any atom is -0.316 e. The predicted octanol–water partition coefficient (Wildman–Crippen LogP) is 4.85. The quantitative estimate of drug-likeness (QED) is 0.413. The molecular formula is C28H26N6O. The molecule has 7 nitrogen and oxygen atoms in total. The van der Waals surface area contributed by atoms with Gasteiger partial charge in [0.15, 0.2) is 0 Å². The fraction of sp³-hybridized carbons (Fsp3) is 0.286. The van der Waals surface area contributed by atoms with Crippen molar-refractivity contribution in [3.8, 4) is 22.5 Å². The van der Waals surface area contributed by atoms with Crippen LogP contribution in [0.5, 0.6) is 0 Å². The van der Waals surface area contributed by atoms with E-state index in [0.717, 1.165) is 77.1 Å². The molecule has 4 aromatic heterocycles. The van der Waals surface area contributed by atoms with E-state index in [1.807, 2.05) is 28.3 Å². The minimum atomic E-state index is 0.0942. The number of hydrogen-bond donors (Lipinski definition) is 1. The summed E-state index contributed by atoms with van der Waals surface area (Å²) in [6.45, 7) is 3.95. The van der Waals surface area contributed by atoms with Crippen molar-refractivity contribution in [3.63, 3.8) is 0 Å². The van der Waals surface area contributed by atoms with Gasteiger partial charge in [-0.05, 0) is 62.1 Å². The molecular weight excluding hydrogens is 436 g/mol. The van der Waals surface area contributed by atoms with E-state index < -0.39 is 0 Å². The van der Waals surface area contributed by atoms with Gasteiger partial charge in [0.1, 0.15) is 17.0 Å². The van der Waals surface area contributed by atoms with Crippen molar-refractivity contribution in [3.05, 3.63) is 72.4 Å². The van der Waals surface area contributed by atoms with Gasteiger partial charge in [-0.25, -0.2) is 9.97 Å². The predicted molar refractivity (Wildman–Crippen MR) is 135 cm³/mol. The molecule has 2 aliphatic rings. The zero-order valence-electron chi connectivity index (χ0n) is 19.6. The van der Waals surface area contributed by atoms with Crippen molar-refractivity contribution in [1.29, 1.82) is 0 Å². The van der Waals surface area contributed by atoms with E-state index in [9.17, 15) is 4.79 Å². The Balaban J connectivity index is 1.34. The van der Waals surface area contributed by atoms with Crippen molar-refractivity contribution in [1.82, 2.24) is 29.2 Å². The van der Waals surface area contributed by atoms with Crippen molar-refractivity contribution in [2.24, 2.45) is 5.92 Å². The molecule has 1 N–H and O–H groups in total. The second-order valence-electron chi connectivity index (χ2n) is 9.76. The topological polar surface area (TPSA) is 77.1 Å². The van der Waals surface area contributed by atoms with E-state index in [-0.39, 0.29) is 11.8 Å². The summed E-state index contributed by atoms with van der Waals surface area (Å²) in [6.07, 6.45) is 8.74. The summed E-state index contributed by atoms with van der Waals surface area (Å²) in [5, 5.41) is 3.43. The number of carbonyl (C=O) groups excluding carboxylic acids is 1. The van der Waals surface area contributed by atoms with Crippen LogP contribution in [-0.4, -0.2) is 42.9 Å². The van der Waals surface area contributed by atoms with E-state index in [2.05, 4.69) is 52.8 Å². The van der Waals surface area contributed by atoms with Crippen LogP contribution in [0, 0.1) is 12.8 Å². The molecule has 1 unspecified atom stereocenters. The Hall–Kier alpha value is -3.84. The van der Waals surface area contributed by atoms with Gasteiger partial charge in [-0.3, -0.25) is 14.3 Å². The van der Waals surface area contributed by atoms with Crippen LogP contribution in [-0.2, 0) is 0 Å². The largest absolute Gasteiger partial charge is 0.316 e. The number of benzene rings is 1. The molecule has 1 aliphatic carbocycles. The van der Waals surface area contributed by atoms with Crippen LogP contribution >= 0.6 is 0 Å². The molecule has 1 saturated heterocycles. The minimum absolute atomic E-state index is 0.0942. The second kappa shape index (κ2) is 7.85. The molecule has 1 atom stereocenters. The number of imidazole rings is 2. The summed E-state index contributed by atoms with van der Waals surface area (Å²) < 4.78 is 3.86. The summed E-state index contributed by atoms with van der Waals surface area (Å²) in [6, 6.07) is 14.6. The van der Waals surface area contributed by atoms with Crippen LogP contribution in [0.25, 0.3) is 39.2 Å². The lowest BCUT2D eigenvalue weighted by atomic mass is 10.0. The van der Waals surface area contributed by atoms with Gasteiger partial charge in [0, 0.05) is 48.2 Å². The van der Waals surface area contributed by atoms with Gasteiger partial charge in [0.2, 0.25) is 5.91 Å². The summed E-state index contributed by atoms with van der Waals surface area (Å²) in [5.74, 6) is 1.33. The van der Waals surface area contributed by atoms with E-state index in [1.54, 1.807) is 6.20 Å². The van der Waals surface area contributed by atoms with E-state index in [4.69, 9.17) is 9.97 Å². The van der Waals surface area contributed by atoms with Gasteiger partial charge in [0.05, 0.1) is 11.2 Å². The number of nitrogens with one attached hydrogen (secondary N) is 1. The molecule has 1 aromatic carbocycles. The Morgan fingerprint density at radius 3 is 2.57 bits per heavy atom. The molecule has 0 radical (unpaired) electrons. The molecule has 5 heterocycles. The van der Waals surface area contributed by atoms with Crippen LogP contribution in [0.4, 0.5) is 0 Å². The van der Waals surface area contributed by atoms with Crippen LogP contribution < -0.4 is 5.32 Å². The highest BCUT2D eigenvalue weighted by atomic mass is 16.2. The van der Waals surface area contributed by atoms with E-state index in [0.29, 0.717) is 11.7 Å². The van der Waals surface area contributed by atoms with Gasteiger partial charge < -0.3 is 9.72 Å². The highest BCUT2D eigenvalue weighted by Crippen LogP contribution is 2.36. The number of aryl methyl sites for hydroxylation is 1. The summed E-state index contributed by atoms with van der Waals surface area (Å²) >= 11 is 0. The van der Waals surface area contributed by atoms with Crippen molar-refractivity contribution in [2.45, 2.75) is 32.1 Å². The standard InChI is InChI=1S/C28H26N6O/c1-17-26-24(15-23(31-17)22-8-10-29-16-22)34(28(35)20-6-7-20)27(32-26)19-4-2-18(3-5-19)21-9-12-33-13-11-30-25(33)14-21/h2-5,9,11-15,20,22,29H,6-8,10,16H2,1H3. The van der Waals surface area contributed by atoms with Crippen molar-refractivity contribution in [2.75, 3.05) is 13.1 Å². The average Bonchev–Trinajstić information content (AvgIpc) is 3.25. The van der Waals surface area contributed by atoms with Gasteiger partial charge >= 0.3 is 0 Å². The molecule has 1 saturated carbocycles. The van der Waals surface area contributed by atoms with Crippen molar-refractivity contribution >= 4 is 22.6 Å². The van der Waals surface area contributed by atoms with E-state index >= 15 is 0 Å². The summed E-state index contributed by atoms with van der Waals surface area (Å²) in [4.78, 5) is 27.7. The molecule has 7 rings (SSSR count). The summed E-state index contributed by atoms with van der Waals surface area (Å²) in [7, 11) is 0. The van der Waals surface area contributed by atoms with Gasteiger partial charge in [-0.2, -0.15) is 0 Å². The molecule has 5 aromatic rings. The molecule has 174 valence electrons. The van der Waals surface area contributed by atoms with Crippen LogP contribution in [0.3, 0.4) is 0 Å². The molecule has 7 heteroatoms. The van der Waals surface area contributed by atoms with Gasteiger partial charge in [-0.15, -0.1) is 0 Å². The number of carbonyl (C=O) groups is 1. The number of hydrogen-bond acceptors (Lipinski definition) is 5. The molecule has 1 aliphatic heterocycles. The van der Waals surface area contributed by atoms with Crippen molar-refractivity contribution < 1.29 is 4.79 Å². The molecule has 35 heavy (non-hydrogen) atoms. The first kappa shape index (κ1) is 20.5. The maximum Gasteiger partial charge on any atom is 0.235 e. The lowest BCUT2D eigenvalue weighted by Crippen LogP contribution is -2.15. The zero-order valence-corrected chi connectivity index (χ0v) is 19.6. The maximum absolute atomic E-state index is 13.5. The molecule has 0 amide bonds. The maximum atomic E-state index is 13.5. The Morgan fingerprint density at radius 2 is 1.80 bits per heavy atom. The first-order valence-corrected chi connectivity index (χ1v) is 12.3. The second-order valence-corrected chi connectivity index (χ2v) is 9.76. The molecule has 2 fully saturated rings. The van der Waals surface area contributed by atoms with Gasteiger partial charge in [-0.1, -0.05) is 24.3 Å². The molecule has 0 spiro atoms. The average molecular weight is 463 g/mol. The Kier molecular flexibility index (Phi) is 4.60. The molecule has 0 bridgehead atoms. The number of aromatic nitrogens is 5. The smallest absolute Gasteiger partial charge is 0.235 e. The fourth-order valence-electron chi connectivity index (χ4n) is 5.20. The first-order chi connectivity index (χ1) is 17.2. The number of nitrogens with zero attached hydrogens (tertiary/aromatic N) is 5. The number of pyridine rings is 2. The Morgan fingerprint density at radius 1 is 0.971 bits per heavy atom. The third-order valence-corrected chi connectivity index (χ3v) is 7.34. The Bertz CT molecular complexity index is 1590. The zero-order chi connectivity index (χ0) is 23.5. The fourth-order valence-corrected chi connectivity index (χ4v) is 5.20. The number of rotatable bonds is 4. The lowest BCUT2D eigenvalue weighted by Gasteiger charge is -2.11. The third-order valence-electron chi connectivity index (χ3n) is 7.34. The lowest BCUT2D eigenvalue weighted by molar-refractivity contribution is 0.0893. The number of fused-ring (bicyclic) bond motifs is 2. The van der Waals surface area contributed by atoms with E-state index in [1.165, 1.54) is 0 Å². The highest BCUT2D eigenvalue weighted by Gasteiger charge is 2.34. The third kappa shape index (κ3) is 3.46. The highest BCUT2D eigenvalue weighted by molar-refractivity contribution is 5.97. The van der Waals surface area contributed by atoms with Gasteiger partial charge in [0.25, 0.3) is 0 Å². The monoisotopic (exact) mass is 462 g/mol. The van der Waals surface area contributed by atoms with Crippen LogP contribution in [0.15, 0.2) is 61.1 Å². The summed E-state index contributed by atoms with van der Waals surface area (Å²) in [5.41, 5.74) is 7.71. The normalized spacial score (nSPS) is 18.0.